The van der Waals surface area contributed by atoms with Gasteiger partial charge in [-0.25, -0.2) is 0 Å². The molecule has 2 heteroatoms. The van der Waals surface area contributed by atoms with Crippen LogP contribution < -0.4 is 0 Å². The Morgan fingerprint density at radius 2 is 1.43 bits per heavy atom. The lowest BCUT2D eigenvalue weighted by Gasteiger charge is -2.10. The zero-order valence-corrected chi connectivity index (χ0v) is 11.3. The SMILES string of the molecule is c1ccc2c(c1)c1ncccc1c1ccc3[nH]ccc3c21. The largest absolute Gasteiger partial charge is 0.361 e. The number of rotatable bonds is 0. The molecule has 2 nitrogen and oxygen atoms in total. The standard InChI is InChI=1S/C19H12N2/c1-2-5-14-12(4-1)18-13(15-6-3-10-21-19(14)15)7-8-17-16(18)9-11-20-17/h1-11,20H. The second-order valence-electron chi connectivity index (χ2n) is 5.37. The number of aromatic amines is 1. The monoisotopic (exact) mass is 268 g/mol. The minimum absolute atomic E-state index is 1.08. The van der Waals surface area contributed by atoms with Crippen LogP contribution in [0.25, 0.3) is 43.4 Å². The highest BCUT2D eigenvalue weighted by molar-refractivity contribution is 6.30. The Morgan fingerprint density at radius 3 is 2.33 bits per heavy atom. The molecule has 0 aliphatic heterocycles. The van der Waals surface area contributed by atoms with E-state index in [1.165, 1.54) is 37.8 Å². The molecule has 3 aromatic carbocycles. The third-order valence-corrected chi connectivity index (χ3v) is 4.28. The molecule has 21 heavy (non-hydrogen) atoms. The van der Waals surface area contributed by atoms with Crippen molar-refractivity contribution in [3.8, 4) is 0 Å². The van der Waals surface area contributed by atoms with Crippen molar-refractivity contribution in [2.24, 2.45) is 0 Å². The van der Waals surface area contributed by atoms with E-state index in [2.05, 4.69) is 58.5 Å². The normalized spacial score (nSPS) is 11.8. The van der Waals surface area contributed by atoms with Gasteiger partial charge < -0.3 is 4.98 Å². The molecule has 0 bridgehead atoms. The molecule has 0 spiro atoms. The summed E-state index contributed by atoms with van der Waals surface area (Å²) in [7, 11) is 0. The molecule has 5 aromatic rings. The molecular formula is C19H12N2. The third-order valence-electron chi connectivity index (χ3n) is 4.28. The van der Waals surface area contributed by atoms with Crippen molar-refractivity contribution in [2.75, 3.05) is 0 Å². The molecule has 1 N–H and O–H groups in total. The van der Waals surface area contributed by atoms with Crippen LogP contribution in [-0.2, 0) is 0 Å². The first-order valence-electron chi connectivity index (χ1n) is 7.09. The summed E-state index contributed by atoms with van der Waals surface area (Å²) in [6, 6.07) is 19.2. The van der Waals surface area contributed by atoms with Crippen LogP contribution in [0.2, 0.25) is 0 Å². The van der Waals surface area contributed by atoms with Crippen molar-refractivity contribution in [3.05, 3.63) is 67.0 Å². The lowest BCUT2D eigenvalue weighted by molar-refractivity contribution is 1.43. The number of nitrogens with zero attached hydrogens (tertiary/aromatic N) is 1. The molecule has 0 saturated carbocycles. The highest BCUT2D eigenvalue weighted by Gasteiger charge is 2.11. The minimum Gasteiger partial charge on any atom is -0.361 e. The van der Waals surface area contributed by atoms with Crippen molar-refractivity contribution in [1.29, 1.82) is 0 Å². The second-order valence-corrected chi connectivity index (χ2v) is 5.37. The second kappa shape index (κ2) is 3.83. The van der Waals surface area contributed by atoms with E-state index in [0.717, 1.165) is 5.52 Å². The summed E-state index contributed by atoms with van der Waals surface area (Å²) in [6.07, 6.45) is 3.88. The lowest BCUT2D eigenvalue weighted by atomic mass is 9.95. The summed E-state index contributed by atoms with van der Waals surface area (Å²) in [5.41, 5.74) is 2.26. The average molecular weight is 268 g/mol. The molecule has 0 saturated heterocycles. The van der Waals surface area contributed by atoms with Crippen LogP contribution in [0.5, 0.6) is 0 Å². The van der Waals surface area contributed by atoms with E-state index in [1.807, 2.05) is 18.5 Å². The Morgan fingerprint density at radius 1 is 0.667 bits per heavy atom. The molecule has 0 atom stereocenters. The Labute approximate surface area is 121 Å². The van der Waals surface area contributed by atoms with Crippen molar-refractivity contribution >= 4 is 43.4 Å². The summed E-state index contributed by atoms with van der Waals surface area (Å²) < 4.78 is 0. The van der Waals surface area contributed by atoms with Gasteiger partial charge in [-0.05, 0) is 34.4 Å². The van der Waals surface area contributed by atoms with E-state index in [1.54, 1.807) is 0 Å². The molecule has 5 rings (SSSR count). The predicted octanol–water partition coefficient (Wildman–Crippen LogP) is 5.02. The maximum Gasteiger partial charge on any atom is 0.0786 e. The minimum atomic E-state index is 1.08. The molecule has 2 heterocycles. The Bertz CT molecular complexity index is 1100. The van der Waals surface area contributed by atoms with Crippen molar-refractivity contribution in [2.45, 2.75) is 0 Å². The Hall–Kier alpha value is -2.87. The van der Waals surface area contributed by atoms with Crippen LogP contribution in [0.3, 0.4) is 0 Å². The lowest BCUT2D eigenvalue weighted by Crippen LogP contribution is -1.85. The Balaban J connectivity index is 2.26. The highest BCUT2D eigenvalue weighted by Crippen LogP contribution is 2.37. The van der Waals surface area contributed by atoms with Gasteiger partial charge in [0.05, 0.1) is 5.52 Å². The number of pyridine rings is 1. The topological polar surface area (TPSA) is 28.7 Å². The fourth-order valence-corrected chi connectivity index (χ4v) is 3.39. The molecule has 98 valence electrons. The zero-order chi connectivity index (χ0) is 13.8. The number of fused-ring (bicyclic) bond motifs is 8. The summed E-state index contributed by atoms with van der Waals surface area (Å²) in [5, 5.41) is 7.55. The molecule has 0 amide bonds. The van der Waals surface area contributed by atoms with Gasteiger partial charge in [-0.1, -0.05) is 36.4 Å². The van der Waals surface area contributed by atoms with Crippen LogP contribution >= 0.6 is 0 Å². The molecule has 0 unspecified atom stereocenters. The summed E-state index contributed by atoms with van der Waals surface area (Å²) in [4.78, 5) is 7.93. The molecule has 0 aliphatic rings. The summed E-state index contributed by atoms with van der Waals surface area (Å²) in [5.74, 6) is 0. The Kier molecular flexibility index (Phi) is 1.98. The first-order chi connectivity index (χ1) is 10.4. The van der Waals surface area contributed by atoms with Crippen LogP contribution in [0.1, 0.15) is 0 Å². The van der Waals surface area contributed by atoms with Crippen molar-refractivity contribution in [1.82, 2.24) is 9.97 Å². The van der Waals surface area contributed by atoms with Gasteiger partial charge in [0.15, 0.2) is 0 Å². The fourth-order valence-electron chi connectivity index (χ4n) is 3.39. The maximum atomic E-state index is 4.62. The summed E-state index contributed by atoms with van der Waals surface area (Å²) >= 11 is 0. The van der Waals surface area contributed by atoms with Gasteiger partial charge in [0.25, 0.3) is 0 Å². The average Bonchev–Trinajstić information content (AvgIpc) is 3.03. The molecule has 0 fully saturated rings. The third kappa shape index (κ3) is 1.34. The maximum absolute atomic E-state index is 4.62. The van der Waals surface area contributed by atoms with Gasteiger partial charge in [0, 0.05) is 34.1 Å². The molecule has 0 aliphatic carbocycles. The zero-order valence-electron chi connectivity index (χ0n) is 11.3. The predicted molar refractivity (Wildman–Crippen MR) is 88.6 cm³/mol. The van der Waals surface area contributed by atoms with E-state index in [9.17, 15) is 0 Å². The van der Waals surface area contributed by atoms with Gasteiger partial charge in [0.1, 0.15) is 0 Å². The van der Waals surface area contributed by atoms with Gasteiger partial charge in [-0.2, -0.15) is 0 Å². The van der Waals surface area contributed by atoms with Crippen molar-refractivity contribution < 1.29 is 0 Å². The van der Waals surface area contributed by atoms with Crippen molar-refractivity contribution in [3.63, 3.8) is 0 Å². The highest BCUT2D eigenvalue weighted by atomic mass is 14.7. The number of nitrogens with one attached hydrogen (secondary N) is 1. The van der Waals surface area contributed by atoms with Gasteiger partial charge >= 0.3 is 0 Å². The van der Waals surface area contributed by atoms with Gasteiger partial charge in [-0.15, -0.1) is 0 Å². The van der Waals surface area contributed by atoms with E-state index in [0.29, 0.717) is 0 Å². The van der Waals surface area contributed by atoms with Crippen LogP contribution in [0, 0.1) is 0 Å². The first kappa shape index (κ1) is 10.9. The number of H-pyrrole nitrogens is 1. The van der Waals surface area contributed by atoms with E-state index < -0.39 is 0 Å². The van der Waals surface area contributed by atoms with Gasteiger partial charge in [-0.3, -0.25) is 4.98 Å². The van der Waals surface area contributed by atoms with Crippen LogP contribution in [0.4, 0.5) is 0 Å². The molecular weight excluding hydrogens is 256 g/mol. The first-order valence-corrected chi connectivity index (χ1v) is 7.09. The number of hydrogen-bond donors (Lipinski definition) is 1. The number of hydrogen-bond acceptors (Lipinski definition) is 1. The van der Waals surface area contributed by atoms with E-state index in [-0.39, 0.29) is 0 Å². The number of aromatic nitrogens is 2. The smallest absolute Gasteiger partial charge is 0.0786 e. The number of benzene rings is 3. The van der Waals surface area contributed by atoms with Gasteiger partial charge in [0.2, 0.25) is 0 Å². The van der Waals surface area contributed by atoms with Crippen LogP contribution in [0.15, 0.2) is 67.0 Å². The van der Waals surface area contributed by atoms with Crippen LogP contribution in [-0.4, -0.2) is 9.97 Å². The molecule has 2 aromatic heterocycles. The summed E-state index contributed by atoms with van der Waals surface area (Å²) in [6.45, 7) is 0. The van der Waals surface area contributed by atoms with E-state index in [4.69, 9.17) is 0 Å². The molecule has 0 radical (unpaired) electrons. The fraction of sp³-hybridized carbons (Fsp3) is 0. The van der Waals surface area contributed by atoms with E-state index >= 15 is 0 Å². The quantitative estimate of drug-likeness (QED) is 0.392.